The number of carbonyl (C=O) groups is 2. The van der Waals surface area contributed by atoms with Crippen LogP contribution >= 0.6 is 0 Å². The molecule has 1 N–H and O–H groups in total. The zero-order valence-electron chi connectivity index (χ0n) is 17.3. The van der Waals surface area contributed by atoms with E-state index in [0.717, 1.165) is 19.3 Å². The Bertz CT molecular complexity index is 834. The van der Waals surface area contributed by atoms with Gasteiger partial charge in [0.2, 0.25) is 0 Å². The Labute approximate surface area is 172 Å². The predicted molar refractivity (Wildman–Crippen MR) is 113 cm³/mol. The van der Waals surface area contributed by atoms with Crippen molar-refractivity contribution < 1.29 is 19.1 Å². The number of hydrogen-bond acceptors (Lipinski definition) is 4. The number of carbonyl (C=O) groups excluding carboxylic acids is 2. The third-order valence-electron chi connectivity index (χ3n) is 5.57. The first kappa shape index (κ1) is 20.9. The van der Waals surface area contributed by atoms with E-state index in [-0.39, 0.29) is 23.3 Å². The Balaban J connectivity index is 1.68. The first-order valence-corrected chi connectivity index (χ1v) is 10.3. The topological polar surface area (TPSA) is 64.6 Å². The van der Waals surface area contributed by atoms with E-state index in [2.05, 4.69) is 26.1 Å². The fraction of sp³-hybridized carbons (Fsp3) is 0.417. The average Bonchev–Trinajstić information content (AvgIpc) is 2.69. The van der Waals surface area contributed by atoms with Crippen LogP contribution in [0.2, 0.25) is 0 Å². The number of hydrogen-bond donors (Lipinski definition) is 1. The minimum atomic E-state index is -0.755. The lowest BCUT2D eigenvalue weighted by atomic mass is 9.75. The number of benzene rings is 2. The fourth-order valence-corrected chi connectivity index (χ4v) is 3.95. The van der Waals surface area contributed by atoms with Crippen LogP contribution in [0, 0.1) is 17.8 Å². The third kappa shape index (κ3) is 5.59. The summed E-state index contributed by atoms with van der Waals surface area (Å²) < 4.78 is 11.1. The Morgan fingerprint density at radius 3 is 2.41 bits per heavy atom. The summed E-state index contributed by atoms with van der Waals surface area (Å²) in [6.07, 6.45) is 2.13. The first-order valence-electron chi connectivity index (χ1n) is 10.3. The molecule has 1 aliphatic rings. The summed E-state index contributed by atoms with van der Waals surface area (Å²) in [7, 11) is 0. The van der Waals surface area contributed by atoms with E-state index >= 15 is 0 Å². The standard InChI is InChI=1S/C24H29NO4/c1-16(2)19-14-13-17(3)15-22(19)29-24(27)28-21-12-8-7-11-20(21)23(26)25-18-9-5-4-6-10-18/h4-12,16-17,19,22H,13-15H2,1-3H3,(H,25,26). The quantitative estimate of drug-likeness (QED) is 0.504. The Morgan fingerprint density at radius 1 is 1.00 bits per heavy atom. The van der Waals surface area contributed by atoms with Gasteiger partial charge in [0, 0.05) is 5.69 Å². The maximum atomic E-state index is 12.6. The molecule has 0 spiro atoms. The zero-order chi connectivity index (χ0) is 20.8. The molecule has 3 unspecified atom stereocenters. The van der Waals surface area contributed by atoms with Crippen LogP contribution in [0.15, 0.2) is 54.6 Å². The molecule has 3 rings (SSSR count). The van der Waals surface area contributed by atoms with Crippen molar-refractivity contribution in [2.45, 2.75) is 46.1 Å². The van der Waals surface area contributed by atoms with Gasteiger partial charge in [-0.1, -0.05) is 57.5 Å². The van der Waals surface area contributed by atoms with Gasteiger partial charge >= 0.3 is 6.16 Å². The molecule has 154 valence electrons. The molecule has 0 heterocycles. The molecule has 29 heavy (non-hydrogen) atoms. The van der Waals surface area contributed by atoms with Crippen molar-refractivity contribution in [3.05, 3.63) is 60.2 Å². The Morgan fingerprint density at radius 2 is 1.69 bits per heavy atom. The molecule has 1 amide bonds. The second-order valence-corrected chi connectivity index (χ2v) is 8.15. The molecule has 0 aromatic heterocycles. The Kier molecular flexibility index (Phi) is 6.91. The van der Waals surface area contributed by atoms with Crippen molar-refractivity contribution >= 4 is 17.7 Å². The first-order chi connectivity index (χ1) is 13.9. The van der Waals surface area contributed by atoms with Crippen LogP contribution in [-0.2, 0) is 4.74 Å². The van der Waals surface area contributed by atoms with Crippen LogP contribution in [0.5, 0.6) is 5.75 Å². The van der Waals surface area contributed by atoms with Crippen molar-refractivity contribution in [3.63, 3.8) is 0 Å². The van der Waals surface area contributed by atoms with Gasteiger partial charge in [-0.2, -0.15) is 0 Å². The molecule has 2 aromatic rings. The van der Waals surface area contributed by atoms with Gasteiger partial charge in [0.25, 0.3) is 5.91 Å². The second kappa shape index (κ2) is 9.59. The summed E-state index contributed by atoms with van der Waals surface area (Å²) in [5.74, 6) is 1.13. The smallest absolute Gasteiger partial charge is 0.430 e. The van der Waals surface area contributed by atoms with Crippen LogP contribution in [0.4, 0.5) is 10.5 Å². The van der Waals surface area contributed by atoms with Crippen molar-refractivity contribution in [2.24, 2.45) is 17.8 Å². The lowest BCUT2D eigenvalue weighted by molar-refractivity contribution is -0.0137. The van der Waals surface area contributed by atoms with E-state index in [1.165, 1.54) is 0 Å². The lowest BCUT2D eigenvalue weighted by Crippen LogP contribution is -2.36. The van der Waals surface area contributed by atoms with Gasteiger partial charge in [-0.25, -0.2) is 4.79 Å². The van der Waals surface area contributed by atoms with Crippen molar-refractivity contribution in [1.82, 2.24) is 0 Å². The molecule has 0 radical (unpaired) electrons. The molecular weight excluding hydrogens is 366 g/mol. The van der Waals surface area contributed by atoms with Crippen LogP contribution in [0.3, 0.4) is 0 Å². The monoisotopic (exact) mass is 395 g/mol. The molecule has 0 saturated heterocycles. The van der Waals surface area contributed by atoms with E-state index < -0.39 is 6.16 Å². The Hall–Kier alpha value is -2.82. The largest absolute Gasteiger partial charge is 0.514 e. The summed E-state index contributed by atoms with van der Waals surface area (Å²) in [6.45, 7) is 6.50. The number of rotatable bonds is 5. The molecule has 0 bridgehead atoms. The maximum absolute atomic E-state index is 12.6. The summed E-state index contributed by atoms with van der Waals surface area (Å²) in [4.78, 5) is 25.2. The summed E-state index contributed by atoms with van der Waals surface area (Å²) in [6, 6.07) is 15.8. The molecule has 5 nitrogen and oxygen atoms in total. The van der Waals surface area contributed by atoms with Crippen LogP contribution in [-0.4, -0.2) is 18.2 Å². The fourth-order valence-electron chi connectivity index (χ4n) is 3.95. The SMILES string of the molecule is CC1CCC(C(C)C)C(OC(=O)Oc2ccccc2C(=O)Nc2ccccc2)C1. The normalized spacial score (nSPS) is 21.4. The summed E-state index contributed by atoms with van der Waals surface area (Å²) in [5, 5.41) is 2.81. The van der Waals surface area contributed by atoms with Gasteiger partial charge in [0.05, 0.1) is 5.56 Å². The summed E-state index contributed by atoms with van der Waals surface area (Å²) >= 11 is 0. The van der Waals surface area contributed by atoms with Crippen LogP contribution < -0.4 is 10.1 Å². The van der Waals surface area contributed by atoms with Crippen molar-refractivity contribution in [2.75, 3.05) is 5.32 Å². The second-order valence-electron chi connectivity index (χ2n) is 8.15. The highest BCUT2D eigenvalue weighted by Gasteiger charge is 2.34. The average molecular weight is 395 g/mol. The lowest BCUT2D eigenvalue weighted by Gasteiger charge is -2.36. The van der Waals surface area contributed by atoms with E-state index in [0.29, 0.717) is 23.4 Å². The molecule has 5 heteroatoms. The molecule has 3 atom stereocenters. The van der Waals surface area contributed by atoms with E-state index in [1.54, 1.807) is 36.4 Å². The molecule has 1 saturated carbocycles. The molecular formula is C24H29NO4. The maximum Gasteiger partial charge on any atom is 0.514 e. The minimum Gasteiger partial charge on any atom is -0.430 e. The molecule has 1 fully saturated rings. The molecule has 0 aliphatic heterocycles. The number of anilines is 1. The number of amides is 1. The molecule has 2 aromatic carbocycles. The highest BCUT2D eigenvalue weighted by atomic mass is 16.7. The highest BCUT2D eigenvalue weighted by Crippen LogP contribution is 2.35. The van der Waals surface area contributed by atoms with Gasteiger partial charge in [-0.3, -0.25) is 4.79 Å². The van der Waals surface area contributed by atoms with Crippen LogP contribution in [0.1, 0.15) is 50.4 Å². The predicted octanol–water partition coefficient (Wildman–Crippen LogP) is 5.92. The minimum absolute atomic E-state index is 0.156. The van der Waals surface area contributed by atoms with E-state index in [9.17, 15) is 9.59 Å². The van der Waals surface area contributed by atoms with Crippen molar-refractivity contribution in [3.8, 4) is 5.75 Å². The zero-order valence-corrected chi connectivity index (χ0v) is 17.3. The number of para-hydroxylation sites is 2. The van der Waals surface area contributed by atoms with Gasteiger partial charge in [0.1, 0.15) is 11.9 Å². The van der Waals surface area contributed by atoms with Crippen molar-refractivity contribution in [1.29, 1.82) is 0 Å². The number of ether oxygens (including phenoxy) is 2. The van der Waals surface area contributed by atoms with Gasteiger partial charge < -0.3 is 14.8 Å². The van der Waals surface area contributed by atoms with Gasteiger partial charge in [0.15, 0.2) is 0 Å². The summed E-state index contributed by atoms with van der Waals surface area (Å²) in [5.41, 5.74) is 0.955. The van der Waals surface area contributed by atoms with E-state index in [4.69, 9.17) is 9.47 Å². The number of nitrogens with one attached hydrogen (secondary N) is 1. The van der Waals surface area contributed by atoms with Gasteiger partial charge in [-0.15, -0.1) is 0 Å². The van der Waals surface area contributed by atoms with E-state index in [1.807, 2.05) is 18.2 Å². The van der Waals surface area contributed by atoms with Crippen LogP contribution in [0.25, 0.3) is 0 Å². The van der Waals surface area contributed by atoms with Gasteiger partial charge in [-0.05, 0) is 54.9 Å². The molecule has 1 aliphatic carbocycles. The third-order valence-corrected chi connectivity index (χ3v) is 5.57. The highest BCUT2D eigenvalue weighted by molar-refractivity contribution is 6.06.